The van der Waals surface area contributed by atoms with Gasteiger partial charge in [-0.3, -0.25) is 0 Å². The van der Waals surface area contributed by atoms with Crippen LogP contribution < -0.4 is 0 Å². The Hall–Kier alpha value is -1.53. The fraction of sp³-hybridized carbons (Fsp3) is 0. The molecule has 1 aliphatic rings. The minimum Gasteiger partial charge on any atom is -0.451 e. The number of carbonyl (C=O) groups is 1. The number of carbonyl (C=O) groups excluding carboxylic acids is 1. The first kappa shape index (κ1) is 13.5. The summed E-state index contributed by atoms with van der Waals surface area (Å²) in [6.45, 7) is 0. The van der Waals surface area contributed by atoms with Crippen LogP contribution in [-0.2, 0) is 9.53 Å². The van der Waals surface area contributed by atoms with Crippen molar-refractivity contribution >= 4 is 52.0 Å². The van der Waals surface area contributed by atoms with Crippen LogP contribution >= 0.6 is 34.2 Å². The molecule has 0 bridgehead atoms. The van der Waals surface area contributed by atoms with E-state index in [4.69, 9.17) is 20.8 Å². The van der Waals surface area contributed by atoms with Crippen LogP contribution in [0.3, 0.4) is 0 Å². The number of cyclic esters (lactones) is 1. The monoisotopic (exact) mass is 398 g/mol. The maximum Gasteiger partial charge on any atom is 0.343 e. The highest BCUT2D eigenvalue weighted by Gasteiger charge is 2.22. The third kappa shape index (κ3) is 2.81. The molecule has 0 amide bonds. The number of benzene rings is 1. The first-order chi connectivity index (χ1) is 9.61. The number of rotatable bonds is 2. The first-order valence-corrected chi connectivity index (χ1v) is 7.24. The molecule has 20 heavy (non-hydrogen) atoms. The summed E-state index contributed by atoms with van der Waals surface area (Å²) in [6, 6.07) is 10.7. The molecule has 0 unspecified atom stereocenters. The van der Waals surface area contributed by atoms with E-state index in [1.54, 1.807) is 42.5 Å². The summed E-state index contributed by atoms with van der Waals surface area (Å²) in [5.41, 5.74) is 1.26. The van der Waals surface area contributed by atoms with Crippen LogP contribution in [0.1, 0.15) is 11.3 Å². The van der Waals surface area contributed by atoms with E-state index in [0.29, 0.717) is 22.1 Å². The van der Waals surface area contributed by atoms with Crippen LogP contribution in [0, 0.1) is 3.77 Å². The molecule has 0 saturated heterocycles. The lowest BCUT2D eigenvalue weighted by molar-refractivity contribution is -0.130. The molecule has 0 saturated carbocycles. The molecule has 5 heteroatoms. The molecule has 1 aliphatic heterocycles. The van der Waals surface area contributed by atoms with E-state index in [1.807, 2.05) is 6.07 Å². The van der Waals surface area contributed by atoms with Gasteiger partial charge in [0.05, 0.1) is 5.57 Å². The SMILES string of the molecule is O=C1OC(c2ccc(Cl)cc2)=C/C1=C/c1ccc(I)o1. The topological polar surface area (TPSA) is 39.4 Å². The molecular formula is C15H8ClIO3. The molecule has 0 atom stereocenters. The number of hydrogen-bond donors (Lipinski definition) is 0. The summed E-state index contributed by atoms with van der Waals surface area (Å²) >= 11 is 7.90. The Morgan fingerprint density at radius 2 is 1.85 bits per heavy atom. The van der Waals surface area contributed by atoms with Gasteiger partial charge in [0.15, 0.2) is 3.77 Å². The van der Waals surface area contributed by atoms with E-state index >= 15 is 0 Å². The number of ether oxygens (including phenoxy) is 1. The van der Waals surface area contributed by atoms with Gasteiger partial charge in [0.1, 0.15) is 11.5 Å². The minimum atomic E-state index is -0.388. The van der Waals surface area contributed by atoms with E-state index in [0.717, 1.165) is 9.33 Å². The Labute approximate surface area is 134 Å². The van der Waals surface area contributed by atoms with Crippen LogP contribution in [-0.4, -0.2) is 5.97 Å². The molecule has 0 spiro atoms. The summed E-state index contributed by atoms with van der Waals surface area (Å²) < 4.78 is 11.4. The molecule has 3 rings (SSSR count). The van der Waals surface area contributed by atoms with Crippen LogP contribution in [0.25, 0.3) is 11.8 Å². The van der Waals surface area contributed by atoms with E-state index in [-0.39, 0.29) is 5.97 Å². The van der Waals surface area contributed by atoms with Crippen LogP contribution in [0.5, 0.6) is 0 Å². The lowest BCUT2D eigenvalue weighted by atomic mass is 10.1. The normalized spacial score (nSPS) is 16.4. The van der Waals surface area contributed by atoms with Crippen molar-refractivity contribution in [1.82, 2.24) is 0 Å². The van der Waals surface area contributed by atoms with Crippen LogP contribution in [0.2, 0.25) is 5.02 Å². The molecule has 1 aromatic carbocycles. The van der Waals surface area contributed by atoms with E-state index < -0.39 is 0 Å². The van der Waals surface area contributed by atoms with Crippen molar-refractivity contribution < 1.29 is 13.9 Å². The molecular weight excluding hydrogens is 391 g/mol. The molecule has 2 heterocycles. The number of esters is 1. The van der Waals surface area contributed by atoms with Crippen molar-refractivity contribution in [3.63, 3.8) is 0 Å². The zero-order valence-corrected chi connectivity index (χ0v) is 13.0. The van der Waals surface area contributed by atoms with Crippen molar-refractivity contribution in [2.24, 2.45) is 0 Å². The molecule has 100 valence electrons. The molecule has 2 aromatic rings. The van der Waals surface area contributed by atoms with E-state index in [1.165, 1.54) is 0 Å². The van der Waals surface area contributed by atoms with E-state index in [9.17, 15) is 4.79 Å². The van der Waals surface area contributed by atoms with Gasteiger partial charge in [-0.05, 0) is 71.1 Å². The summed E-state index contributed by atoms with van der Waals surface area (Å²) in [7, 11) is 0. The second kappa shape index (κ2) is 5.46. The lowest BCUT2D eigenvalue weighted by Gasteiger charge is -2.00. The third-order valence-corrected chi connectivity index (χ3v) is 3.58. The van der Waals surface area contributed by atoms with Gasteiger partial charge in [-0.1, -0.05) is 11.6 Å². The Balaban J connectivity index is 1.92. The highest BCUT2D eigenvalue weighted by Crippen LogP contribution is 2.28. The smallest absolute Gasteiger partial charge is 0.343 e. The van der Waals surface area contributed by atoms with Crippen molar-refractivity contribution in [2.45, 2.75) is 0 Å². The standard InChI is InChI=1S/C15H8ClIO3/c16-11-3-1-9(2-4-11)13-8-10(15(18)20-13)7-12-5-6-14(17)19-12/h1-8H/b10-7-. The van der Waals surface area contributed by atoms with Crippen molar-refractivity contribution in [2.75, 3.05) is 0 Å². The Morgan fingerprint density at radius 3 is 2.50 bits per heavy atom. The number of halogens is 2. The zero-order chi connectivity index (χ0) is 14.1. The predicted octanol–water partition coefficient (Wildman–Crippen LogP) is 4.52. The second-order valence-electron chi connectivity index (χ2n) is 4.15. The van der Waals surface area contributed by atoms with Gasteiger partial charge < -0.3 is 9.15 Å². The van der Waals surface area contributed by atoms with Crippen molar-refractivity contribution in [1.29, 1.82) is 0 Å². The third-order valence-electron chi connectivity index (χ3n) is 2.75. The minimum absolute atomic E-state index is 0.388. The Bertz CT molecular complexity index is 726. The van der Waals surface area contributed by atoms with Crippen molar-refractivity contribution in [3.8, 4) is 0 Å². The maximum atomic E-state index is 11.8. The Morgan fingerprint density at radius 1 is 1.10 bits per heavy atom. The van der Waals surface area contributed by atoms with Gasteiger partial charge in [0, 0.05) is 10.6 Å². The molecule has 0 fully saturated rings. The molecule has 0 N–H and O–H groups in total. The largest absolute Gasteiger partial charge is 0.451 e. The fourth-order valence-corrected chi connectivity index (χ4v) is 2.36. The van der Waals surface area contributed by atoms with Crippen molar-refractivity contribution in [3.05, 3.63) is 68.2 Å². The van der Waals surface area contributed by atoms with Gasteiger partial charge >= 0.3 is 5.97 Å². The highest BCUT2D eigenvalue weighted by atomic mass is 127. The average molecular weight is 399 g/mol. The van der Waals surface area contributed by atoms with Gasteiger partial charge in [0.25, 0.3) is 0 Å². The molecule has 0 radical (unpaired) electrons. The first-order valence-electron chi connectivity index (χ1n) is 5.79. The number of hydrogen-bond acceptors (Lipinski definition) is 3. The summed E-state index contributed by atoms with van der Waals surface area (Å²) in [5, 5.41) is 0.639. The van der Waals surface area contributed by atoms with Gasteiger partial charge in [-0.15, -0.1) is 0 Å². The van der Waals surface area contributed by atoms with E-state index in [2.05, 4.69) is 22.6 Å². The number of furan rings is 1. The van der Waals surface area contributed by atoms with Gasteiger partial charge in [-0.25, -0.2) is 4.79 Å². The summed E-state index contributed by atoms with van der Waals surface area (Å²) in [4.78, 5) is 11.8. The predicted molar refractivity (Wildman–Crippen MR) is 84.9 cm³/mol. The maximum absolute atomic E-state index is 11.8. The van der Waals surface area contributed by atoms with Crippen LogP contribution in [0.15, 0.2) is 52.5 Å². The quantitative estimate of drug-likeness (QED) is 0.424. The highest BCUT2D eigenvalue weighted by molar-refractivity contribution is 14.1. The summed E-state index contributed by atoms with van der Waals surface area (Å²) in [5.74, 6) is 0.746. The molecule has 0 aliphatic carbocycles. The molecule has 1 aromatic heterocycles. The fourth-order valence-electron chi connectivity index (χ4n) is 1.80. The zero-order valence-electron chi connectivity index (χ0n) is 10.1. The van der Waals surface area contributed by atoms with Gasteiger partial charge in [0.2, 0.25) is 0 Å². The molecule has 3 nitrogen and oxygen atoms in total. The average Bonchev–Trinajstić information content (AvgIpc) is 2.98. The summed E-state index contributed by atoms with van der Waals surface area (Å²) in [6.07, 6.45) is 3.36. The second-order valence-corrected chi connectivity index (χ2v) is 5.65. The Kier molecular flexibility index (Phi) is 3.67. The van der Waals surface area contributed by atoms with Gasteiger partial charge in [-0.2, -0.15) is 0 Å². The van der Waals surface area contributed by atoms with Crippen LogP contribution in [0.4, 0.5) is 0 Å². The lowest BCUT2D eigenvalue weighted by Crippen LogP contribution is -1.96.